The van der Waals surface area contributed by atoms with Gasteiger partial charge in [0.15, 0.2) is 0 Å². The van der Waals surface area contributed by atoms with Crippen LogP contribution >= 0.6 is 0 Å². The molecule has 8 unspecified atom stereocenters. The second kappa shape index (κ2) is 10.9. The van der Waals surface area contributed by atoms with Crippen LogP contribution in [-0.2, 0) is 4.79 Å². The fourth-order valence-corrected chi connectivity index (χ4v) is 8.49. The summed E-state index contributed by atoms with van der Waals surface area (Å²) in [6, 6.07) is 0.178. The van der Waals surface area contributed by atoms with E-state index in [9.17, 15) is 9.59 Å². The first-order valence-electron chi connectivity index (χ1n) is 15.4. The first-order chi connectivity index (χ1) is 19.2. The molecule has 5 saturated heterocycles. The molecule has 6 rings (SSSR count). The Kier molecular flexibility index (Phi) is 7.64. The van der Waals surface area contributed by atoms with Crippen molar-refractivity contribution in [3.8, 4) is 0 Å². The van der Waals surface area contributed by atoms with Crippen LogP contribution in [0.2, 0.25) is 0 Å². The van der Waals surface area contributed by atoms with Gasteiger partial charge in [-0.3, -0.25) is 20.0 Å². The van der Waals surface area contributed by atoms with Gasteiger partial charge in [0.05, 0.1) is 24.1 Å². The van der Waals surface area contributed by atoms with Gasteiger partial charge in [0.1, 0.15) is 12.3 Å². The molecule has 0 saturated carbocycles. The number of fused-ring (bicyclic) bond motifs is 5. The molecular weight excluding hydrogens is 513 g/mol. The van der Waals surface area contributed by atoms with Gasteiger partial charge in [-0.2, -0.15) is 0 Å². The minimum atomic E-state index is -1.13. The molecule has 0 aliphatic carbocycles. The number of hydrogen-bond donors (Lipinski definition) is 5. The number of amides is 3. The number of halogens is 1. The predicted molar refractivity (Wildman–Crippen MR) is 149 cm³/mol. The summed E-state index contributed by atoms with van der Waals surface area (Å²) in [6.45, 7) is 12.4. The van der Waals surface area contributed by atoms with Crippen molar-refractivity contribution in [1.82, 2.24) is 46.6 Å². The summed E-state index contributed by atoms with van der Waals surface area (Å²) in [4.78, 5) is 32.9. The molecule has 0 aromatic heterocycles. The number of piperazine rings is 1. The molecule has 6 aliphatic rings. The largest absolute Gasteiger partial charge is 0.337 e. The Morgan fingerprint density at radius 3 is 2.65 bits per heavy atom. The van der Waals surface area contributed by atoms with Gasteiger partial charge >= 0.3 is 6.03 Å². The first-order valence-corrected chi connectivity index (χ1v) is 15.4. The zero-order valence-corrected chi connectivity index (χ0v) is 24.6. The van der Waals surface area contributed by atoms with E-state index in [0.29, 0.717) is 31.3 Å². The molecule has 6 heterocycles. The Bertz CT molecular complexity index is 1010. The summed E-state index contributed by atoms with van der Waals surface area (Å²) in [7, 11) is 0. The van der Waals surface area contributed by atoms with Gasteiger partial charge < -0.3 is 25.9 Å². The molecule has 11 nitrogen and oxygen atoms in total. The van der Waals surface area contributed by atoms with Crippen LogP contribution in [0.15, 0.2) is 11.9 Å². The Morgan fingerprint density at radius 2 is 1.90 bits per heavy atom. The van der Waals surface area contributed by atoms with Crippen LogP contribution in [0.25, 0.3) is 0 Å². The lowest BCUT2D eigenvalue weighted by Gasteiger charge is -2.60. The molecule has 224 valence electrons. The Labute approximate surface area is 237 Å². The highest BCUT2D eigenvalue weighted by Gasteiger charge is 2.56. The van der Waals surface area contributed by atoms with Crippen molar-refractivity contribution in [2.75, 3.05) is 19.6 Å². The number of piperidine rings is 2. The third-order valence-corrected chi connectivity index (χ3v) is 10.4. The van der Waals surface area contributed by atoms with Crippen LogP contribution in [0.1, 0.15) is 66.7 Å². The minimum absolute atomic E-state index is 0.0189. The number of nitrogens with zero attached hydrogens (tertiary/aromatic N) is 4. The third-order valence-electron chi connectivity index (χ3n) is 10.4. The molecule has 5 N–H and O–H groups in total. The first kappa shape index (κ1) is 28.0. The molecule has 2 bridgehead atoms. The van der Waals surface area contributed by atoms with E-state index in [4.69, 9.17) is 0 Å². The fourth-order valence-electron chi connectivity index (χ4n) is 8.49. The highest BCUT2D eigenvalue weighted by Crippen LogP contribution is 2.41. The summed E-state index contributed by atoms with van der Waals surface area (Å²) < 4.78 is 16.2. The summed E-state index contributed by atoms with van der Waals surface area (Å²) in [5, 5.41) is 12.7. The van der Waals surface area contributed by atoms with Crippen molar-refractivity contribution in [1.29, 1.82) is 0 Å². The van der Waals surface area contributed by atoms with Gasteiger partial charge in [-0.25, -0.2) is 9.18 Å². The van der Waals surface area contributed by atoms with E-state index in [1.54, 1.807) is 6.92 Å². The molecule has 3 amide bonds. The van der Waals surface area contributed by atoms with E-state index < -0.39 is 12.3 Å². The average molecular weight is 562 g/mol. The number of hydrogen-bond acceptors (Lipinski definition) is 8. The van der Waals surface area contributed by atoms with E-state index in [-0.39, 0.29) is 54.4 Å². The highest BCUT2D eigenvalue weighted by molar-refractivity contribution is 5.77. The van der Waals surface area contributed by atoms with Crippen LogP contribution in [0.3, 0.4) is 0 Å². The number of alkyl halides is 1. The van der Waals surface area contributed by atoms with Gasteiger partial charge in [0.2, 0.25) is 5.91 Å². The topological polar surface area (TPSA) is 107 Å². The Morgan fingerprint density at radius 1 is 1.10 bits per heavy atom. The predicted octanol–water partition coefficient (Wildman–Crippen LogP) is 1.23. The van der Waals surface area contributed by atoms with Crippen molar-refractivity contribution in [2.24, 2.45) is 17.8 Å². The van der Waals surface area contributed by atoms with Gasteiger partial charge in [0.25, 0.3) is 0 Å². The molecule has 0 spiro atoms. The number of carbonyl (C=O) groups is 2. The van der Waals surface area contributed by atoms with Crippen LogP contribution in [0.4, 0.5) is 9.18 Å². The van der Waals surface area contributed by atoms with Crippen LogP contribution in [0.5, 0.6) is 0 Å². The molecular formula is C28H48FN9O2. The lowest BCUT2D eigenvalue weighted by molar-refractivity contribution is -0.139. The van der Waals surface area contributed by atoms with Crippen molar-refractivity contribution in [3.63, 3.8) is 0 Å². The van der Waals surface area contributed by atoms with E-state index in [0.717, 1.165) is 37.9 Å². The van der Waals surface area contributed by atoms with Crippen LogP contribution in [-0.4, -0.2) is 100 Å². The maximum absolute atomic E-state index is 16.2. The molecule has 0 radical (unpaired) electrons. The van der Waals surface area contributed by atoms with Crippen molar-refractivity contribution < 1.29 is 14.0 Å². The number of urea groups is 1. The normalized spacial score (nSPS) is 42.3. The number of nitrogens with one attached hydrogen (secondary N) is 5. The molecule has 5 fully saturated rings. The second-order valence-electron chi connectivity index (χ2n) is 13.3. The SMILES string of the molecule is CC(=O)N1C[C@H](C)N(C2NC(=O)N3C4NC(C(F)CC42)N2NNC=C2CCCC2CCNC(C(C)C)C23)C[C@H]1C. The van der Waals surface area contributed by atoms with E-state index in [1.807, 2.05) is 16.1 Å². The lowest BCUT2D eigenvalue weighted by Crippen LogP contribution is -2.80. The maximum Gasteiger partial charge on any atom is 0.320 e. The molecule has 0 aromatic rings. The molecule has 12 heteroatoms. The average Bonchev–Trinajstić information content (AvgIpc) is 3.36. The fraction of sp³-hybridized carbons (Fsp3) is 0.857. The van der Waals surface area contributed by atoms with Gasteiger partial charge in [-0.1, -0.05) is 13.8 Å². The summed E-state index contributed by atoms with van der Waals surface area (Å²) in [6.07, 6.45) is 3.81. The van der Waals surface area contributed by atoms with Crippen LogP contribution < -0.4 is 26.9 Å². The monoisotopic (exact) mass is 561 g/mol. The quantitative estimate of drug-likeness (QED) is 0.343. The smallest absolute Gasteiger partial charge is 0.320 e. The van der Waals surface area contributed by atoms with E-state index >= 15 is 4.39 Å². The highest BCUT2D eigenvalue weighted by atomic mass is 19.1. The molecule has 40 heavy (non-hydrogen) atoms. The van der Waals surface area contributed by atoms with Crippen LogP contribution in [0, 0.1) is 17.8 Å². The summed E-state index contributed by atoms with van der Waals surface area (Å²) in [5.41, 5.74) is 7.30. The van der Waals surface area contributed by atoms with Gasteiger partial charge in [-0.15, -0.1) is 5.53 Å². The Hall–Kier alpha value is -2.15. The zero-order chi connectivity index (χ0) is 28.3. The Balaban J connectivity index is 1.38. The van der Waals surface area contributed by atoms with Gasteiger partial charge in [0, 0.05) is 50.3 Å². The minimum Gasteiger partial charge on any atom is -0.337 e. The number of rotatable bonds is 2. The summed E-state index contributed by atoms with van der Waals surface area (Å²) >= 11 is 0. The summed E-state index contributed by atoms with van der Waals surface area (Å²) in [5.74, 6) is 0.639. The van der Waals surface area contributed by atoms with E-state index in [1.165, 1.54) is 0 Å². The van der Waals surface area contributed by atoms with Crippen molar-refractivity contribution in [2.45, 2.75) is 116 Å². The molecule has 6 aliphatic heterocycles. The van der Waals surface area contributed by atoms with Gasteiger partial charge in [-0.05, 0) is 64.3 Å². The number of carbonyl (C=O) groups excluding carboxylic acids is 2. The molecule has 10 atom stereocenters. The van der Waals surface area contributed by atoms with Crippen molar-refractivity contribution >= 4 is 11.9 Å². The number of hydrazine groups is 2. The van der Waals surface area contributed by atoms with Crippen molar-refractivity contribution in [3.05, 3.63) is 11.9 Å². The lowest BCUT2D eigenvalue weighted by atomic mass is 9.76. The standard InChI is InChI=1S/C28H48FN9O2/c1-15(2)23-24-19(9-10-30-23)7-6-8-20-12-31-34-38(20)27-22(29)11-21-25(33-28(40)37(24)26(21)32-27)36-14-16(3)35(18(5)39)13-17(36)4/h12,15-17,19,21-27,30-32,34H,6-11,13-14H2,1-5H3,(H,33,40)/t16-,17+,19?,21?,22?,23?,24?,25?,26?,27?/m1/s1. The maximum atomic E-state index is 16.2. The molecule has 0 aromatic carbocycles. The number of allylic oxidation sites excluding steroid dienone is 1. The van der Waals surface area contributed by atoms with E-state index in [2.05, 4.69) is 64.4 Å². The third kappa shape index (κ3) is 4.74. The second-order valence-corrected chi connectivity index (χ2v) is 13.3. The zero-order valence-electron chi connectivity index (χ0n) is 24.6.